The second kappa shape index (κ2) is 7.50. The van der Waals surface area contributed by atoms with E-state index in [1.807, 2.05) is 47.6 Å². The molecular weight excluding hydrogens is 342 g/mol. The van der Waals surface area contributed by atoms with E-state index in [0.29, 0.717) is 24.7 Å². The Kier molecular flexibility index (Phi) is 4.92. The lowest BCUT2D eigenvalue weighted by atomic mass is 10.0. The van der Waals surface area contributed by atoms with Gasteiger partial charge in [-0.05, 0) is 31.4 Å². The largest absolute Gasteiger partial charge is 0.337 e. The first-order valence-electron chi connectivity index (χ1n) is 9.66. The molecule has 1 fully saturated rings. The van der Waals surface area contributed by atoms with E-state index in [4.69, 9.17) is 4.52 Å². The molecule has 3 aromatic rings. The monoisotopic (exact) mass is 367 g/mol. The van der Waals surface area contributed by atoms with Crippen LogP contribution in [0.4, 0.5) is 0 Å². The average Bonchev–Trinajstić information content (AvgIpc) is 3.34. The molecule has 1 saturated heterocycles. The molecule has 2 aromatic heterocycles. The van der Waals surface area contributed by atoms with Crippen LogP contribution in [0.5, 0.6) is 0 Å². The number of rotatable bonds is 5. The Labute approximate surface area is 158 Å². The summed E-state index contributed by atoms with van der Waals surface area (Å²) in [5, 5.41) is 4.07. The molecule has 1 atom stereocenters. The van der Waals surface area contributed by atoms with Crippen molar-refractivity contribution in [3.05, 3.63) is 42.3 Å². The molecule has 27 heavy (non-hydrogen) atoms. The lowest BCUT2D eigenvalue weighted by molar-refractivity contribution is -0.136. The zero-order valence-corrected chi connectivity index (χ0v) is 15.8. The minimum Gasteiger partial charge on any atom is -0.337 e. The van der Waals surface area contributed by atoms with Crippen LogP contribution < -0.4 is 0 Å². The molecule has 1 aliphatic heterocycles. The van der Waals surface area contributed by atoms with Gasteiger partial charge < -0.3 is 14.0 Å². The highest BCUT2D eigenvalue weighted by atomic mass is 16.5. The number of nitrogens with zero attached hydrogens (tertiary/aromatic N) is 5. The highest BCUT2D eigenvalue weighted by molar-refractivity contribution is 5.78. The molecule has 1 aromatic carbocycles. The Morgan fingerprint density at radius 3 is 2.96 bits per heavy atom. The van der Waals surface area contributed by atoms with Crippen LogP contribution in [0.1, 0.15) is 63.2 Å². The van der Waals surface area contributed by atoms with E-state index < -0.39 is 0 Å². The van der Waals surface area contributed by atoms with Gasteiger partial charge >= 0.3 is 0 Å². The zero-order valence-electron chi connectivity index (χ0n) is 15.8. The van der Waals surface area contributed by atoms with Crippen molar-refractivity contribution in [2.24, 2.45) is 0 Å². The van der Waals surface area contributed by atoms with Gasteiger partial charge in [0.15, 0.2) is 5.82 Å². The molecule has 0 unspecified atom stereocenters. The highest BCUT2D eigenvalue weighted by Crippen LogP contribution is 2.31. The third-order valence-electron chi connectivity index (χ3n) is 5.18. The number of imidazole rings is 1. The molecule has 1 aliphatic rings. The quantitative estimate of drug-likeness (QED) is 0.687. The second-order valence-corrected chi connectivity index (χ2v) is 7.42. The summed E-state index contributed by atoms with van der Waals surface area (Å²) < 4.78 is 7.52. The first kappa shape index (κ1) is 17.7. The van der Waals surface area contributed by atoms with E-state index in [-0.39, 0.29) is 17.9 Å². The lowest BCUT2D eigenvalue weighted by Gasteiger charge is -2.33. The van der Waals surface area contributed by atoms with Gasteiger partial charge in [0.05, 0.1) is 17.4 Å². The van der Waals surface area contributed by atoms with Gasteiger partial charge in [-0.1, -0.05) is 31.1 Å². The van der Waals surface area contributed by atoms with Gasteiger partial charge in [0.1, 0.15) is 6.04 Å². The predicted molar refractivity (Wildman–Crippen MR) is 101 cm³/mol. The summed E-state index contributed by atoms with van der Waals surface area (Å²) in [5.74, 6) is 1.61. The number of aromatic nitrogens is 4. The van der Waals surface area contributed by atoms with Crippen LogP contribution in [-0.2, 0) is 11.3 Å². The molecule has 0 saturated carbocycles. The normalized spacial score (nSPS) is 17.7. The van der Waals surface area contributed by atoms with Gasteiger partial charge in [-0.15, -0.1) is 0 Å². The van der Waals surface area contributed by atoms with Gasteiger partial charge in [-0.2, -0.15) is 4.98 Å². The van der Waals surface area contributed by atoms with E-state index in [2.05, 4.69) is 15.1 Å². The van der Waals surface area contributed by atoms with Crippen LogP contribution in [0.25, 0.3) is 11.0 Å². The molecular formula is C20H25N5O2. The van der Waals surface area contributed by atoms with E-state index in [9.17, 15) is 4.79 Å². The number of benzene rings is 1. The lowest BCUT2D eigenvalue weighted by Crippen LogP contribution is -2.39. The van der Waals surface area contributed by atoms with Crippen LogP contribution in [0.15, 0.2) is 35.1 Å². The van der Waals surface area contributed by atoms with Crippen molar-refractivity contribution in [3.63, 3.8) is 0 Å². The summed E-state index contributed by atoms with van der Waals surface area (Å²) in [6.07, 6.45) is 5.20. The number of fused-ring (bicyclic) bond motifs is 1. The summed E-state index contributed by atoms with van der Waals surface area (Å²) in [5.41, 5.74) is 2.01. The molecule has 142 valence electrons. The van der Waals surface area contributed by atoms with Crippen LogP contribution in [0, 0.1) is 0 Å². The Balaban J connectivity index is 1.47. The van der Waals surface area contributed by atoms with Crippen molar-refractivity contribution >= 4 is 16.9 Å². The number of likely N-dealkylation sites (tertiary alicyclic amines) is 1. The molecule has 3 heterocycles. The molecule has 0 aliphatic carbocycles. The van der Waals surface area contributed by atoms with Gasteiger partial charge in [0, 0.05) is 25.4 Å². The van der Waals surface area contributed by atoms with Crippen molar-refractivity contribution < 1.29 is 9.32 Å². The Bertz CT molecular complexity index is 929. The SMILES string of the molecule is CC(C)c1noc([C@H]2CCCCN2C(=O)CCn2cnc3ccccc32)n1. The third-order valence-corrected chi connectivity index (χ3v) is 5.18. The maximum absolute atomic E-state index is 13.0. The molecule has 0 bridgehead atoms. The summed E-state index contributed by atoms with van der Waals surface area (Å²) in [6, 6.07) is 7.87. The minimum atomic E-state index is -0.106. The zero-order chi connectivity index (χ0) is 18.8. The smallest absolute Gasteiger partial charge is 0.249 e. The first-order valence-corrected chi connectivity index (χ1v) is 9.66. The average molecular weight is 367 g/mol. The molecule has 0 N–H and O–H groups in total. The summed E-state index contributed by atoms with van der Waals surface area (Å²) >= 11 is 0. The Morgan fingerprint density at radius 1 is 1.30 bits per heavy atom. The Hall–Kier alpha value is -2.70. The summed E-state index contributed by atoms with van der Waals surface area (Å²) in [6.45, 7) is 5.43. The molecule has 0 spiro atoms. The molecule has 7 nitrogen and oxygen atoms in total. The number of aryl methyl sites for hydroxylation is 1. The number of hydrogen-bond donors (Lipinski definition) is 0. The van der Waals surface area contributed by atoms with Crippen molar-refractivity contribution in [3.8, 4) is 0 Å². The van der Waals surface area contributed by atoms with Crippen LogP contribution in [0.2, 0.25) is 0 Å². The number of carbonyl (C=O) groups excluding carboxylic acids is 1. The fraction of sp³-hybridized carbons (Fsp3) is 0.500. The van der Waals surface area contributed by atoms with Gasteiger partial charge in [-0.25, -0.2) is 4.98 Å². The molecule has 1 amide bonds. The topological polar surface area (TPSA) is 77.0 Å². The maximum atomic E-state index is 13.0. The minimum absolute atomic E-state index is 0.106. The Morgan fingerprint density at radius 2 is 2.15 bits per heavy atom. The molecule has 7 heteroatoms. The second-order valence-electron chi connectivity index (χ2n) is 7.42. The number of para-hydroxylation sites is 2. The van der Waals surface area contributed by atoms with Crippen LogP contribution in [0.3, 0.4) is 0 Å². The van der Waals surface area contributed by atoms with Crippen molar-refractivity contribution in [2.45, 2.75) is 58.0 Å². The van der Waals surface area contributed by atoms with Crippen molar-refractivity contribution in [1.29, 1.82) is 0 Å². The van der Waals surface area contributed by atoms with Crippen LogP contribution in [-0.4, -0.2) is 37.0 Å². The highest BCUT2D eigenvalue weighted by Gasteiger charge is 2.32. The van der Waals surface area contributed by atoms with E-state index in [1.54, 1.807) is 6.33 Å². The van der Waals surface area contributed by atoms with Crippen molar-refractivity contribution in [2.75, 3.05) is 6.54 Å². The summed E-state index contributed by atoms with van der Waals surface area (Å²) in [7, 11) is 0. The number of hydrogen-bond acceptors (Lipinski definition) is 5. The number of piperidine rings is 1. The van der Waals surface area contributed by atoms with E-state index in [0.717, 1.165) is 36.8 Å². The first-order chi connectivity index (χ1) is 13.1. The van der Waals surface area contributed by atoms with Gasteiger partial charge in [0.25, 0.3) is 0 Å². The van der Waals surface area contributed by atoms with Crippen molar-refractivity contribution in [1.82, 2.24) is 24.6 Å². The van der Waals surface area contributed by atoms with E-state index >= 15 is 0 Å². The number of carbonyl (C=O) groups is 1. The fourth-order valence-corrected chi connectivity index (χ4v) is 3.65. The molecule has 4 rings (SSSR count). The fourth-order valence-electron chi connectivity index (χ4n) is 3.65. The predicted octanol–water partition coefficient (Wildman–Crippen LogP) is 3.69. The maximum Gasteiger partial charge on any atom is 0.249 e. The summed E-state index contributed by atoms with van der Waals surface area (Å²) in [4.78, 5) is 23.8. The standard InChI is InChI=1S/C20H25N5O2/c1-14(2)19-22-20(27-23-19)17-9-5-6-11-25(17)18(26)10-12-24-13-21-15-7-3-4-8-16(15)24/h3-4,7-8,13-14,17H,5-6,9-12H2,1-2H3/t17-/m1/s1. The van der Waals surface area contributed by atoms with E-state index in [1.165, 1.54) is 0 Å². The molecule has 0 radical (unpaired) electrons. The van der Waals surface area contributed by atoms with Gasteiger partial charge in [0.2, 0.25) is 11.8 Å². The third kappa shape index (κ3) is 3.59. The number of amides is 1. The van der Waals surface area contributed by atoms with Crippen LogP contribution >= 0.6 is 0 Å². The van der Waals surface area contributed by atoms with Gasteiger partial charge in [-0.3, -0.25) is 4.79 Å².